The van der Waals surface area contributed by atoms with Gasteiger partial charge < -0.3 is 4.90 Å². The van der Waals surface area contributed by atoms with Crippen LogP contribution in [0.4, 0.5) is 5.69 Å². The highest BCUT2D eigenvalue weighted by Gasteiger charge is 2.43. The maximum atomic E-state index is 13.4. The molecule has 2 aliphatic heterocycles. The van der Waals surface area contributed by atoms with E-state index in [9.17, 15) is 9.59 Å². The lowest BCUT2D eigenvalue weighted by Gasteiger charge is -2.29. The smallest absolute Gasteiger partial charge is 0.282 e. The minimum absolute atomic E-state index is 0.287. The Morgan fingerprint density at radius 2 is 1.52 bits per heavy atom. The number of amides is 2. The zero-order valence-electron chi connectivity index (χ0n) is 15.2. The first kappa shape index (κ1) is 17.8. The standard InChI is InChI=1S/C22H21ClN2O2/c1-15-9-11-16(12-10-15)19-20(24-13-5-2-6-14-24)22(27)25(21(19)26)18-8-4-3-7-17(18)23/h3-4,7-12H,2,5-6,13-14H2,1H3. The zero-order chi connectivity index (χ0) is 19.0. The van der Waals surface area contributed by atoms with Crippen LogP contribution in [0.5, 0.6) is 0 Å². The first-order chi connectivity index (χ1) is 13.1. The lowest BCUT2D eigenvalue weighted by Crippen LogP contribution is -2.37. The van der Waals surface area contributed by atoms with Crippen LogP contribution in [0.3, 0.4) is 0 Å². The van der Waals surface area contributed by atoms with E-state index in [1.165, 1.54) is 4.90 Å². The molecule has 0 aromatic heterocycles. The van der Waals surface area contributed by atoms with Crippen LogP contribution < -0.4 is 4.90 Å². The molecule has 0 unspecified atom stereocenters. The predicted molar refractivity (Wildman–Crippen MR) is 107 cm³/mol. The summed E-state index contributed by atoms with van der Waals surface area (Å²) in [6, 6.07) is 14.7. The zero-order valence-corrected chi connectivity index (χ0v) is 16.0. The summed E-state index contributed by atoms with van der Waals surface area (Å²) >= 11 is 6.30. The molecule has 2 aliphatic rings. The van der Waals surface area contributed by atoms with E-state index in [4.69, 9.17) is 11.6 Å². The molecule has 0 spiro atoms. The fraction of sp³-hybridized carbons (Fsp3) is 0.273. The van der Waals surface area contributed by atoms with Gasteiger partial charge in [0.15, 0.2) is 0 Å². The van der Waals surface area contributed by atoms with E-state index in [2.05, 4.69) is 4.90 Å². The Hall–Kier alpha value is -2.59. The van der Waals surface area contributed by atoms with Gasteiger partial charge in [-0.1, -0.05) is 53.6 Å². The molecule has 0 saturated carbocycles. The summed E-state index contributed by atoms with van der Waals surface area (Å²) in [5, 5.41) is 0.391. The van der Waals surface area contributed by atoms with Crippen molar-refractivity contribution in [2.24, 2.45) is 0 Å². The summed E-state index contributed by atoms with van der Waals surface area (Å²) in [7, 11) is 0. The van der Waals surface area contributed by atoms with Crippen molar-refractivity contribution in [3.63, 3.8) is 0 Å². The Morgan fingerprint density at radius 3 is 2.19 bits per heavy atom. The van der Waals surface area contributed by atoms with Gasteiger partial charge in [0, 0.05) is 13.1 Å². The van der Waals surface area contributed by atoms with Gasteiger partial charge in [0.1, 0.15) is 5.70 Å². The van der Waals surface area contributed by atoms with Crippen molar-refractivity contribution in [3.8, 4) is 0 Å². The van der Waals surface area contributed by atoms with Gasteiger partial charge in [-0.25, -0.2) is 4.90 Å². The third kappa shape index (κ3) is 3.15. The Labute approximate surface area is 164 Å². The van der Waals surface area contributed by atoms with Gasteiger partial charge in [0.2, 0.25) is 0 Å². The molecule has 0 aliphatic carbocycles. The number of halogens is 1. The van der Waals surface area contributed by atoms with E-state index in [-0.39, 0.29) is 11.8 Å². The number of anilines is 1. The number of piperidine rings is 1. The lowest BCUT2D eigenvalue weighted by atomic mass is 10.0. The van der Waals surface area contributed by atoms with Crippen molar-refractivity contribution in [1.82, 2.24) is 4.90 Å². The highest BCUT2D eigenvalue weighted by atomic mass is 35.5. The summed E-state index contributed by atoms with van der Waals surface area (Å²) in [5.41, 5.74) is 3.30. The van der Waals surface area contributed by atoms with E-state index < -0.39 is 0 Å². The van der Waals surface area contributed by atoms with E-state index in [1.54, 1.807) is 24.3 Å². The lowest BCUT2D eigenvalue weighted by molar-refractivity contribution is -0.120. The second-order valence-electron chi connectivity index (χ2n) is 7.03. The fourth-order valence-electron chi connectivity index (χ4n) is 3.76. The number of imide groups is 1. The van der Waals surface area contributed by atoms with Gasteiger partial charge in [-0.15, -0.1) is 0 Å². The van der Waals surface area contributed by atoms with E-state index in [0.717, 1.165) is 43.5 Å². The maximum Gasteiger partial charge on any atom is 0.282 e. The summed E-state index contributed by atoms with van der Waals surface area (Å²) in [6.45, 7) is 3.58. The first-order valence-electron chi connectivity index (χ1n) is 9.27. The molecule has 1 fully saturated rings. The molecule has 2 aromatic carbocycles. The van der Waals surface area contributed by atoms with Crippen LogP contribution in [-0.2, 0) is 9.59 Å². The first-order valence-corrected chi connectivity index (χ1v) is 9.65. The predicted octanol–water partition coefficient (Wildman–Crippen LogP) is 4.42. The topological polar surface area (TPSA) is 40.6 Å². The van der Waals surface area contributed by atoms with Crippen LogP contribution in [0, 0.1) is 6.92 Å². The normalized spacial score (nSPS) is 17.9. The van der Waals surface area contributed by atoms with E-state index in [0.29, 0.717) is 22.0 Å². The molecule has 27 heavy (non-hydrogen) atoms. The van der Waals surface area contributed by atoms with E-state index >= 15 is 0 Å². The highest BCUT2D eigenvalue weighted by molar-refractivity contribution is 6.47. The van der Waals surface area contributed by atoms with Crippen LogP contribution >= 0.6 is 11.6 Å². The monoisotopic (exact) mass is 380 g/mol. The second kappa shape index (κ2) is 7.20. The number of benzene rings is 2. The Balaban J connectivity index is 1.84. The quantitative estimate of drug-likeness (QED) is 0.740. The third-order valence-corrected chi connectivity index (χ3v) is 5.48. The number of likely N-dealkylation sites (tertiary alicyclic amines) is 1. The second-order valence-corrected chi connectivity index (χ2v) is 7.44. The summed E-state index contributed by atoms with van der Waals surface area (Å²) in [5.74, 6) is -0.594. The van der Waals surface area contributed by atoms with Crippen molar-refractivity contribution >= 4 is 34.7 Å². The molecule has 2 amide bonds. The Bertz CT molecular complexity index is 928. The summed E-state index contributed by atoms with van der Waals surface area (Å²) in [6.07, 6.45) is 3.20. The van der Waals surface area contributed by atoms with Crippen molar-refractivity contribution < 1.29 is 9.59 Å². The van der Waals surface area contributed by atoms with Crippen molar-refractivity contribution in [3.05, 3.63) is 70.4 Å². The van der Waals surface area contributed by atoms with Gasteiger partial charge in [-0.3, -0.25) is 9.59 Å². The van der Waals surface area contributed by atoms with Crippen LogP contribution in [0.25, 0.3) is 5.57 Å². The molecule has 2 aromatic rings. The highest BCUT2D eigenvalue weighted by Crippen LogP contribution is 2.38. The minimum Gasteiger partial charge on any atom is -0.366 e. The molecule has 0 bridgehead atoms. The van der Waals surface area contributed by atoms with Crippen LogP contribution in [-0.4, -0.2) is 29.8 Å². The van der Waals surface area contributed by atoms with Gasteiger partial charge in [-0.05, 0) is 43.9 Å². The molecule has 4 rings (SSSR count). The maximum absolute atomic E-state index is 13.4. The number of rotatable bonds is 3. The number of hydrogen-bond acceptors (Lipinski definition) is 3. The van der Waals surface area contributed by atoms with Gasteiger partial charge in [0.05, 0.1) is 16.3 Å². The van der Waals surface area contributed by atoms with Crippen molar-refractivity contribution in [2.45, 2.75) is 26.2 Å². The van der Waals surface area contributed by atoms with Crippen LogP contribution in [0.2, 0.25) is 5.02 Å². The molecular weight excluding hydrogens is 360 g/mol. The molecule has 138 valence electrons. The Morgan fingerprint density at radius 1 is 0.852 bits per heavy atom. The molecule has 4 nitrogen and oxygen atoms in total. The van der Waals surface area contributed by atoms with Gasteiger partial charge in [-0.2, -0.15) is 0 Å². The number of hydrogen-bond donors (Lipinski definition) is 0. The number of para-hydroxylation sites is 1. The number of aryl methyl sites for hydroxylation is 1. The minimum atomic E-state index is -0.308. The van der Waals surface area contributed by atoms with Crippen molar-refractivity contribution in [2.75, 3.05) is 18.0 Å². The average molecular weight is 381 g/mol. The summed E-state index contributed by atoms with van der Waals surface area (Å²) < 4.78 is 0. The van der Waals surface area contributed by atoms with Gasteiger partial charge in [0.25, 0.3) is 11.8 Å². The molecule has 5 heteroatoms. The molecule has 2 heterocycles. The number of carbonyl (C=O) groups excluding carboxylic acids is 2. The molecule has 1 saturated heterocycles. The SMILES string of the molecule is Cc1ccc(C2=C(N3CCCCC3)C(=O)N(c3ccccc3Cl)C2=O)cc1. The average Bonchev–Trinajstić information content (AvgIpc) is 2.94. The van der Waals surface area contributed by atoms with Gasteiger partial charge >= 0.3 is 0 Å². The number of carbonyl (C=O) groups is 2. The number of nitrogens with zero attached hydrogens (tertiary/aromatic N) is 2. The molecule has 0 N–H and O–H groups in total. The largest absolute Gasteiger partial charge is 0.366 e. The van der Waals surface area contributed by atoms with Crippen LogP contribution in [0.1, 0.15) is 30.4 Å². The van der Waals surface area contributed by atoms with Crippen LogP contribution in [0.15, 0.2) is 54.2 Å². The van der Waals surface area contributed by atoms with E-state index in [1.807, 2.05) is 31.2 Å². The third-order valence-electron chi connectivity index (χ3n) is 5.17. The Kier molecular flexibility index (Phi) is 4.75. The van der Waals surface area contributed by atoms with Crippen molar-refractivity contribution in [1.29, 1.82) is 0 Å². The fourth-order valence-corrected chi connectivity index (χ4v) is 3.98. The summed E-state index contributed by atoms with van der Waals surface area (Å²) in [4.78, 5) is 30.0. The molecular formula is C22H21ClN2O2. The molecule has 0 atom stereocenters. The molecule has 0 radical (unpaired) electrons.